The van der Waals surface area contributed by atoms with E-state index in [0.29, 0.717) is 35.5 Å². The van der Waals surface area contributed by atoms with Gasteiger partial charge in [-0.15, -0.1) is 0 Å². The molecule has 0 heterocycles. The number of amides is 2. The van der Waals surface area contributed by atoms with Crippen molar-refractivity contribution in [1.82, 2.24) is 10.6 Å². The van der Waals surface area contributed by atoms with E-state index >= 15 is 0 Å². The molecule has 0 atom stereocenters. The number of ether oxygens (including phenoxy) is 2. The van der Waals surface area contributed by atoms with E-state index in [1.807, 2.05) is 13.8 Å². The monoisotopic (exact) mass is 468 g/mol. The molecule has 8 nitrogen and oxygen atoms in total. The standard InChI is InChI=1S/C26H32N2O6/c1-3-5-17-33-25(31)21-11-7-19(8-12-21)23(29)27-15-16-28-24(30)20-9-13-22(14-10-20)26(32)34-18-6-4-2/h7-14H,3-6,15-18H2,1-2H3,(H,27,29)(H,28,30). The van der Waals surface area contributed by atoms with Crippen LogP contribution >= 0.6 is 0 Å². The first-order valence-corrected chi connectivity index (χ1v) is 11.6. The van der Waals surface area contributed by atoms with Gasteiger partial charge in [-0.1, -0.05) is 26.7 Å². The summed E-state index contributed by atoms with van der Waals surface area (Å²) in [7, 11) is 0. The SMILES string of the molecule is CCCCOC(=O)c1ccc(C(=O)NCCNC(=O)c2ccc(C(=O)OCCCC)cc2)cc1. The van der Waals surface area contributed by atoms with E-state index in [1.165, 1.54) is 0 Å². The van der Waals surface area contributed by atoms with E-state index in [4.69, 9.17) is 9.47 Å². The molecule has 0 saturated carbocycles. The third-order valence-electron chi connectivity index (χ3n) is 4.92. The summed E-state index contributed by atoms with van der Waals surface area (Å²) in [6, 6.07) is 12.4. The lowest BCUT2D eigenvalue weighted by molar-refractivity contribution is 0.0490. The summed E-state index contributed by atoms with van der Waals surface area (Å²) in [6.07, 6.45) is 3.49. The lowest BCUT2D eigenvalue weighted by Gasteiger charge is -2.09. The first-order valence-electron chi connectivity index (χ1n) is 11.6. The van der Waals surface area contributed by atoms with Crippen LogP contribution in [-0.4, -0.2) is 50.1 Å². The summed E-state index contributed by atoms with van der Waals surface area (Å²) < 4.78 is 10.3. The van der Waals surface area contributed by atoms with E-state index in [9.17, 15) is 19.2 Å². The maximum Gasteiger partial charge on any atom is 0.338 e. The highest BCUT2D eigenvalue weighted by atomic mass is 16.5. The third-order valence-corrected chi connectivity index (χ3v) is 4.92. The molecule has 0 aliphatic rings. The van der Waals surface area contributed by atoms with Crippen LogP contribution in [0.2, 0.25) is 0 Å². The Morgan fingerprint density at radius 2 is 0.912 bits per heavy atom. The van der Waals surface area contributed by atoms with Gasteiger partial charge in [-0.2, -0.15) is 0 Å². The van der Waals surface area contributed by atoms with Gasteiger partial charge < -0.3 is 20.1 Å². The van der Waals surface area contributed by atoms with E-state index in [1.54, 1.807) is 48.5 Å². The molecule has 0 aliphatic carbocycles. The molecular formula is C26H32N2O6. The van der Waals surface area contributed by atoms with Crippen LogP contribution in [0.15, 0.2) is 48.5 Å². The molecule has 2 aromatic rings. The van der Waals surface area contributed by atoms with Crippen molar-refractivity contribution in [2.45, 2.75) is 39.5 Å². The fourth-order valence-electron chi connectivity index (χ4n) is 2.86. The van der Waals surface area contributed by atoms with Gasteiger partial charge in [0.25, 0.3) is 11.8 Å². The summed E-state index contributed by atoms with van der Waals surface area (Å²) in [5.41, 5.74) is 1.58. The second kappa shape index (κ2) is 14.5. The van der Waals surface area contributed by atoms with Crippen molar-refractivity contribution in [3.8, 4) is 0 Å². The molecule has 2 N–H and O–H groups in total. The van der Waals surface area contributed by atoms with Crippen LogP contribution in [0.5, 0.6) is 0 Å². The van der Waals surface area contributed by atoms with E-state index in [-0.39, 0.29) is 24.9 Å². The summed E-state index contributed by atoms with van der Waals surface area (Å²) in [4.78, 5) is 48.3. The lowest BCUT2D eigenvalue weighted by Crippen LogP contribution is -2.34. The van der Waals surface area contributed by atoms with Crippen molar-refractivity contribution in [3.05, 3.63) is 70.8 Å². The number of carbonyl (C=O) groups is 4. The minimum Gasteiger partial charge on any atom is -0.462 e. The van der Waals surface area contributed by atoms with Gasteiger partial charge in [-0.3, -0.25) is 9.59 Å². The van der Waals surface area contributed by atoms with Crippen LogP contribution in [0.1, 0.15) is 81.0 Å². The van der Waals surface area contributed by atoms with E-state index in [0.717, 1.165) is 25.7 Å². The largest absolute Gasteiger partial charge is 0.462 e. The van der Waals surface area contributed by atoms with Gasteiger partial charge in [0.15, 0.2) is 0 Å². The maximum atomic E-state index is 12.3. The van der Waals surface area contributed by atoms with Crippen molar-refractivity contribution < 1.29 is 28.7 Å². The molecule has 0 aromatic heterocycles. The van der Waals surface area contributed by atoms with Crippen LogP contribution in [0.3, 0.4) is 0 Å². The van der Waals surface area contributed by atoms with Gasteiger partial charge in [0.05, 0.1) is 24.3 Å². The Balaban J connectivity index is 1.73. The molecule has 0 unspecified atom stereocenters. The first-order chi connectivity index (χ1) is 16.5. The van der Waals surface area contributed by atoms with Gasteiger partial charge in [0, 0.05) is 24.2 Å². The summed E-state index contributed by atoms with van der Waals surface area (Å²) in [5, 5.41) is 5.43. The molecule has 2 aromatic carbocycles. The average molecular weight is 469 g/mol. The fourth-order valence-corrected chi connectivity index (χ4v) is 2.86. The summed E-state index contributed by atoms with van der Waals surface area (Å²) >= 11 is 0. The maximum absolute atomic E-state index is 12.3. The molecule has 0 spiro atoms. The lowest BCUT2D eigenvalue weighted by atomic mass is 10.1. The molecule has 0 radical (unpaired) electrons. The zero-order valence-electron chi connectivity index (χ0n) is 19.7. The molecule has 0 fully saturated rings. The molecule has 2 rings (SSSR count). The van der Waals surface area contributed by atoms with E-state index in [2.05, 4.69) is 10.6 Å². The van der Waals surface area contributed by atoms with Crippen LogP contribution in [0.25, 0.3) is 0 Å². The second-order valence-electron chi connectivity index (χ2n) is 7.65. The molecule has 2 amide bonds. The van der Waals surface area contributed by atoms with Crippen molar-refractivity contribution >= 4 is 23.8 Å². The number of carbonyl (C=O) groups excluding carboxylic acids is 4. The third kappa shape index (κ3) is 8.69. The Labute approximate surface area is 200 Å². The van der Waals surface area contributed by atoms with Crippen molar-refractivity contribution in [2.75, 3.05) is 26.3 Å². The Morgan fingerprint density at radius 3 is 1.24 bits per heavy atom. The van der Waals surface area contributed by atoms with Crippen LogP contribution in [-0.2, 0) is 9.47 Å². The minimum atomic E-state index is -0.412. The Bertz CT molecular complexity index is 875. The number of unbranched alkanes of at least 4 members (excludes halogenated alkanes) is 2. The van der Waals surface area contributed by atoms with Crippen molar-refractivity contribution in [1.29, 1.82) is 0 Å². The van der Waals surface area contributed by atoms with Crippen molar-refractivity contribution in [2.24, 2.45) is 0 Å². The number of rotatable bonds is 13. The minimum absolute atomic E-state index is 0.229. The van der Waals surface area contributed by atoms with Gasteiger partial charge >= 0.3 is 11.9 Å². The van der Waals surface area contributed by atoms with Gasteiger partial charge in [0.1, 0.15) is 0 Å². The van der Waals surface area contributed by atoms with Crippen LogP contribution in [0.4, 0.5) is 0 Å². The molecule has 8 heteroatoms. The van der Waals surface area contributed by atoms with Crippen LogP contribution in [0, 0.1) is 0 Å². The van der Waals surface area contributed by atoms with Crippen LogP contribution < -0.4 is 10.6 Å². The fraction of sp³-hybridized carbons (Fsp3) is 0.385. The van der Waals surface area contributed by atoms with Crippen molar-refractivity contribution in [3.63, 3.8) is 0 Å². The van der Waals surface area contributed by atoms with Gasteiger partial charge in [-0.25, -0.2) is 9.59 Å². The second-order valence-corrected chi connectivity index (χ2v) is 7.65. The summed E-state index contributed by atoms with van der Waals surface area (Å²) in [5.74, 6) is -1.45. The molecular weight excluding hydrogens is 436 g/mol. The Morgan fingerprint density at radius 1 is 0.588 bits per heavy atom. The summed E-state index contributed by atoms with van der Waals surface area (Å²) in [6.45, 7) is 5.23. The average Bonchev–Trinajstić information content (AvgIpc) is 2.86. The quantitative estimate of drug-likeness (QED) is 0.342. The normalized spacial score (nSPS) is 10.3. The molecule has 0 aliphatic heterocycles. The number of esters is 2. The zero-order chi connectivity index (χ0) is 24.8. The predicted octanol–water partition coefficient (Wildman–Crippen LogP) is 3.76. The highest BCUT2D eigenvalue weighted by Gasteiger charge is 2.11. The molecule has 34 heavy (non-hydrogen) atoms. The molecule has 182 valence electrons. The number of benzene rings is 2. The van der Waals surface area contributed by atoms with E-state index < -0.39 is 11.9 Å². The molecule has 0 saturated heterocycles. The molecule has 0 bridgehead atoms. The topological polar surface area (TPSA) is 111 Å². The first kappa shape index (κ1) is 26.6. The zero-order valence-corrected chi connectivity index (χ0v) is 19.7. The van der Waals surface area contributed by atoms with Gasteiger partial charge in [-0.05, 0) is 61.4 Å². The Hall–Kier alpha value is -3.68. The number of nitrogens with one attached hydrogen (secondary N) is 2. The Kier molecular flexibility index (Phi) is 11.3. The van der Waals surface area contributed by atoms with Gasteiger partial charge in [0.2, 0.25) is 0 Å². The predicted molar refractivity (Wildman–Crippen MR) is 128 cm³/mol. The highest BCUT2D eigenvalue weighted by Crippen LogP contribution is 2.08. The highest BCUT2D eigenvalue weighted by molar-refractivity contribution is 5.97. The smallest absolute Gasteiger partial charge is 0.338 e. The number of hydrogen-bond acceptors (Lipinski definition) is 6. The number of hydrogen-bond donors (Lipinski definition) is 2.